The van der Waals surface area contributed by atoms with Gasteiger partial charge in [0, 0.05) is 40.0 Å². The molecular formula is C26H14ClF5N4O3. The van der Waals surface area contributed by atoms with Crippen molar-refractivity contribution in [3.8, 4) is 11.6 Å². The average molecular weight is 561 g/mol. The Hall–Kier alpha value is -4.58. The molecule has 0 fully saturated rings. The predicted molar refractivity (Wildman–Crippen MR) is 129 cm³/mol. The summed E-state index contributed by atoms with van der Waals surface area (Å²) in [5.74, 6) is -3.54. The van der Waals surface area contributed by atoms with Crippen molar-refractivity contribution in [2.45, 2.75) is 12.2 Å². The number of ether oxygens (including phenoxy) is 1. The van der Waals surface area contributed by atoms with Crippen LogP contribution < -0.4 is 15.4 Å². The molecule has 0 radical (unpaired) electrons. The van der Waals surface area contributed by atoms with Crippen LogP contribution in [0.5, 0.6) is 11.6 Å². The van der Waals surface area contributed by atoms with E-state index in [0.29, 0.717) is 12.1 Å². The van der Waals surface area contributed by atoms with Crippen LogP contribution in [0.3, 0.4) is 0 Å². The molecule has 0 aliphatic carbocycles. The van der Waals surface area contributed by atoms with Gasteiger partial charge in [-0.15, -0.1) is 0 Å². The molecule has 13 heteroatoms. The Balaban J connectivity index is 1.62. The van der Waals surface area contributed by atoms with E-state index >= 15 is 0 Å². The quantitative estimate of drug-likeness (QED) is 0.279. The number of halogens is 6. The van der Waals surface area contributed by atoms with Crippen molar-refractivity contribution < 1.29 is 36.3 Å². The normalized spacial score (nSPS) is 14.5. The van der Waals surface area contributed by atoms with Gasteiger partial charge in [-0.25, -0.2) is 18.7 Å². The van der Waals surface area contributed by atoms with Crippen LogP contribution >= 0.6 is 11.6 Å². The molecule has 2 N–H and O–H groups in total. The third-order valence-electron chi connectivity index (χ3n) is 5.74. The monoisotopic (exact) mass is 560 g/mol. The Kier molecular flexibility index (Phi) is 6.64. The van der Waals surface area contributed by atoms with Gasteiger partial charge in [0.2, 0.25) is 5.88 Å². The molecule has 4 aromatic rings. The Morgan fingerprint density at radius 2 is 1.82 bits per heavy atom. The smallest absolute Gasteiger partial charge is 0.416 e. The first-order chi connectivity index (χ1) is 18.5. The van der Waals surface area contributed by atoms with Gasteiger partial charge in [0.1, 0.15) is 23.7 Å². The number of hydrogen-bond acceptors (Lipinski definition) is 5. The summed E-state index contributed by atoms with van der Waals surface area (Å²) in [6.45, 7) is 0. The molecule has 1 aromatic heterocycles. The van der Waals surface area contributed by atoms with Gasteiger partial charge >= 0.3 is 6.18 Å². The number of amides is 2. The first-order valence-electron chi connectivity index (χ1n) is 11.1. The zero-order valence-electron chi connectivity index (χ0n) is 19.3. The van der Waals surface area contributed by atoms with Crippen LogP contribution in [-0.2, 0) is 6.18 Å². The summed E-state index contributed by atoms with van der Waals surface area (Å²) >= 11 is 6.27. The Morgan fingerprint density at radius 1 is 1.03 bits per heavy atom. The van der Waals surface area contributed by atoms with Gasteiger partial charge in [0.25, 0.3) is 11.8 Å². The Bertz CT molecular complexity index is 1620. The number of fused-ring (bicyclic) bond motifs is 1. The number of alkyl halides is 3. The summed E-state index contributed by atoms with van der Waals surface area (Å²) in [6, 6.07) is 7.91. The van der Waals surface area contributed by atoms with Gasteiger partial charge in [-0.1, -0.05) is 11.6 Å². The number of anilines is 1. The van der Waals surface area contributed by atoms with Gasteiger partial charge in [-0.2, -0.15) is 13.2 Å². The number of hydrogen-bond donors (Lipinski definition) is 2. The summed E-state index contributed by atoms with van der Waals surface area (Å²) < 4.78 is 73.4. The fraction of sp³-hybridized carbons (Fsp3) is 0.0769. The van der Waals surface area contributed by atoms with Crippen LogP contribution in [0.4, 0.5) is 27.6 Å². The largest absolute Gasteiger partial charge is 0.439 e. The molecule has 0 spiro atoms. The van der Waals surface area contributed by atoms with Crippen molar-refractivity contribution in [2.24, 2.45) is 0 Å². The molecule has 39 heavy (non-hydrogen) atoms. The number of aromatic nitrogens is 2. The molecule has 3 aromatic carbocycles. The molecule has 198 valence electrons. The minimum atomic E-state index is -4.90. The van der Waals surface area contributed by atoms with Gasteiger partial charge in [-0.05, 0) is 42.5 Å². The lowest BCUT2D eigenvalue weighted by molar-refractivity contribution is -0.137. The van der Waals surface area contributed by atoms with Crippen molar-refractivity contribution in [2.75, 3.05) is 5.32 Å². The summed E-state index contributed by atoms with van der Waals surface area (Å²) in [4.78, 5) is 33.7. The number of carbonyl (C=O) groups excluding carboxylic acids is 2. The van der Waals surface area contributed by atoms with Crippen LogP contribution in [0.2, 0.25) is 5.02 Å². The molecule has 0 saturated heterocycles. The second-order valence-electron chi connectivity index (χ2n) is 8.33. The van der Waals surface area contributed by atoms with Crippen LogP contribution in [0.25, 0.3) is 0 Å². The summed E-state index contributed by atoms with van der Waals surface area (Å²) in [6.07, 6.45) is -2.29. The van der Waals surface area contributed by atoms with E-state index in [1.165, 1.54) is 36.8 Å². The van der Waals surface area contributed by atoms with Crippen molar-refractivity contribution in [3.63, 3.8) is 0 Å². The predicted octanol–water partition coefficient (Wildman–Crippen LogP) is 6.30. The van der Waals surface area contributed by atoms with Gasteiger partial charge in [0.05, 0.1) is 22.9 Å². The van der Waals surface area contributed by atoms with E-state index in [9.17, 15) is 31.5 Å². The lowest BCUT2D eigenvalue weighted by Crippen LogP contribution is -2.21. The first kappa shape index (κ1) is 26.0. The van der Waals surface area contributed by atoms with E-state index in [4.69, 9.17) is 16.3 Å². The van der Waals surface area contributed by atoms with E-state index in [2.05, 4.69) is 20.6 Å². The highest BCUT2D eigenvalue weighted by Gasteiger charge is 2.36. The highest BCUT2D eigenvalue weighted by molar-refractivity contribution is 6.31. The fourth-order valence-electron chi connectivity index (χ4n) is 4.08. The van der Waals surface area contributed by atoms with Crippen LogP contribution in [0.15, 0.2) is 67.1 Å². The average Bonchev–Trinajstić information content (AvgIpc) is 3.21. The second-order valence-corrected chi connectivity index (χ2v) is 8.74. The number of nitrogens with one attached hydrogen (secondary N) is 2. The maximum Gasteiger partial charge on any atom is 0.416 e. The number of benzene rings is 3. The van der Waals surface area contributed by atoms with Crippen LogP contribution in [0.1, 0.15) is 43.4 Å². The summed E-state index contributed by atoms with van der Waals surface area (Å²) in [5.41, 5.74) is -1.76. The molecule has 2 heterocycles. The topological polar surface area (TPSA) is 93.2 Å². The maximum absolute atomic E-state index is 14.1. The van der Waals surface area contributed by atoms with Gasteiger partial charge in [0.15, 0.2) is 0 Å². The van der Waals surface area contributed by atoms with Gasteiger partial charge < -0.3 is 15.4 Å². The summed E-state index contributed by atoms with van der Waals surface area (Å²) in [7, 11) is 0. The van der Waals surface area contributed by atoms with E-state index in [-0.39, 0.29) is 45.1 Å². The highest BCUT2D eigenvalue weighted by Crippen LogP contribution is 2.42. The molecule has 7 nitrogen and oxygen atoms in total. The molecule has 1 aliphatic heterocycles. The highest BCUT2D eigenvalue weighted by atomic mass is 35.5. The fourth-order valence-corrected chi connectivity index (χ4v) is 4.30. The molecule has 1 atom stereocenters. The molecule has 2 amide bonds. The SMILES string of the molecule is O=C(Nc1cc(Oc2ccncn2)cc2c1C(c1cc(F)ccc1Cl)NC2=O)c1cc(F)cc(C(F)(F)F)c1. The molecule has 1 unspecified atom stereocenters. The van der Waals surface area contributed by atoms with Crippen molar-refractivity contribution >= 4 is 29.1 Å². The molecule has 1 aliphatic rings. The molecule has 0 saturated carbocycles. The molecule has 0 bridgehead atoms. The zero-order chi connectivity index (χ0) is 27.9. The number of carbonyl (C=O) groups is 2. The van der Waals surface area contributed by atoms with Crippen LogP contribution in [0, 0.1) is 11.6 Å². The van der Waals surface area contributed by atoms with Crippen molar-refractivity contribution in [3.05, 3.63) is 112 Å². The third-order valence-corrected chi connectivity index (χ3v) is 6.09. The summed E-state index contributed by atoms with van der Waals surface area (Å²) in [5, 5.41) is 5.19. The lowest BCUT2D eigenvalue weighted by atomic mass is 9.95. The van der Waals surface area contributed by atoms with Crippen LogP contribution in [-0.4, -0.2) is 21.8 Å². The Labute approximate surface area is 221 Å². The minimum absolute atomic E-state index is 0.0115. The van der Waals surface area contributed by atoms with E-state index in [1.54, 1.807) is 0 Å². The second kappa shape index (κ2) is 9.95. The standard InChI is InChI=1S/C26H14ClF5N4O3/c27-19-2-1-14(28)8-17(19)23-22-18(25(38)36-23)9-16(39-21-3-4-33-11-34-21)10-20(22)35-24(37)12-5-13(26(30,31)32)7-15(29)6-12/h1-11,23H,(H,35,37)(H,36,38). The van der Waals surface area contributed by atoms with E-state index in [1.807, 2.05) is 0 Å². The van der Waals surface area contributed by atoms with E-state index < -0.39 is 46.8 Å². The lowest BCUT2D eigenvalue weighted by Gasteiger charge is -2.19. The van der Waals surface area contributed by atoms with Crippen molar-refractivity contribution in [1.82, 2.24) is 15.3 Å². The molecule has 5 rings (SSSR count). The first-order valence-corrected chi connectivity index (χ1v) is 11.4. The number of nitrogens with zero attached hydrogens (tertiary/aromatic N) is 2. The minimum Gasteiger partial charge on any atom is -0.439 e. The van der Waals surface area contributed by atoms with E-state index in [0.717, 1.165) is 12.1 Å². The van der Waals surface area contributed by atoms with Crippen molar-refractivity contribution in [1.29, 1.82) is 0 Å². The zero-order valence-corrected chi connectivity index (χ0v) is 20.1. The van der Waals surface area contributed by atoms with Gasteiger partial charge in [-0.3, -0.25) is 9.59 Å². The maximum atomic E-state index is 14.1. The Morgan fingerprint density at radius 3 is 2.54 bits per heavy atom. The molecular weight excluding hydrogens is 547 g/mol. The third kappa shape index (κ3) is 5.36. The number of rotatable bonds is 5.